The Hall–Kier alpha value is -3.63. The summed E-state index contributed by atoms with van der Waals surface area (Å²) in [5.41, 5.74) is 8.17. The van der Waals surface area contributed by atoms with E-state index in [0.717, 1.165) is 60.5 Å². The maximum Gasteiger partial charge on any atom is 0.319 e. The van der Waals surface area contributed by atoms with E-state index in [-0.39, 0.29) is 34.2 Å². The largest absolute Gasteiger partial charge is 0.461 e. The number of hydrogen-bond acceptors (Lipinski definition) is 10. The van der Waals surface area contributed by atoms with Crippen LogP contribution in [0.3, 0.4) is 0 Å². The third-order valence-corrected chi connectivity index (χ3v) is 10.6. The highest BCUT2D eigenvalue weighted by Crippen LogP contribution is 2.43. The molecule has 3 saturated heterocycles. The number of benzene rings is 2. The van der Waals surface area contributed by atoms with Gasteiger partial charge in [-0.1, -0.05) is 12.1 Å². The fraction of sp³-hybridized carbons (Fsp3) is 0.469. The number of nitrogens with zero attached hydrogens (tertiary/aromatic N) is 5. The van der Waals surface area contributed by atoms with E-state index in [1.165, 1.54) is 6.07 Å². The fourth-order valence-corrected chi connectivity index (χ4v) is 8.45. The van der Waals surface area contributed by atoms with E-state index in [0.29, 0.717) is 47.3 Å². The van der Waals surface area contributed by atoms with Gasteiger partial charge in [0.2, 0.25) is 0 Å². The number of nitrogen functional groups attached to an aromatic ring is 1. The molecule has 0 amide bonds. The smallest absolute Gasteiger partial charge is 0.319 e. The molecular formula is C32H35F2N7O2S. The van der Waals surface area contributed by atoms with E-state index >= 15 is 0 Å². The first-order valence-electron chi connectivity index (χ1n) is 15.0. The molecule has 3 fully saturated rings. The number of methoxy groups -OCH3 is 1. The van der Waals surface area contributed by atoms with Gasteiger partial charge in [-0.15, -0.1) is 11.3 Å². The second kappa shape index (κ2) is 11.4. The number of hydrogen-bond donors (Lipinski definition) is 2. The molecule has 5 heterocycles. The van der Waals surface area contributed by atoms with Gasteiger partial charge in [0.1, 0.15) is 35.5 Å². The minimum absolute atomic E-state index is 0.130. The standard InChI is InChI=1S/C32H35F2N7O2S/c1-40(26-8-10-37-25(26)16-42-2)30-21-5-4-18(20-6-7-23(34)28-27(20)22(14-35)29(36)44-28)12-24(21)38-31(39-30)43-17-32-9-3-11-41(32)15-19(33)13-32/h4-7,12,19,25-26,37H,3,8-11,13,15-17,36H2,1-2H3/t19-,25?,26?,32+/m1/s1. The van der Waals surface area contributed by atoms with Gasteiger partial charge in [-0.05, 0) is 61.7 Å². The van der Waals surface area contributed by atoms with Crippen molar-refractivity contribution in [3.8, 4) is 23.2 Å². The highest BCUT2D eigenvalue weighted by Gasteiger charge is 2.49. The van der Waals surface area contributed by atoms with Crippen LogP contribution in [0.15, 0.2) is 30.3 Å². The molecule has 2 unspecified atom stereocenters. The van der Waals surface area contributed by atoms with Crippen molar-refractivity contribution in [1.82, 2.24) is 20.2 Å². The van der Waals surface area contributed by atoms with E-state index in [4.69, 9.17) is 25.2 Å². The number of fused-ring (bicyclic) bond motifs is 3. The summed E-state index contributed by atoms with van der Waals surface area (Å²) in [5.74, 6) is 0.312. The van der Waals surface area contributed by atoms with E-state index < -0.39 is 12.0 Å². The summed E-state index contributed by atoms with van der Waals surface area (Å²) in [6.07, 6.45) is 2.42. The van der Waals surface area contributed by atoms with Crippen LogP contribution in [0.4, 0.5) is 19.6 Å². The van der Waals surface area contributed by atoms with Gasteiger partial charge in [-0.25, -0.2) is 8.78 Å². The van der Waals surface area contributed by atoms with E-state index in [9.17, 15) is 14.0 Å². The van der Waals surface area contributed by atoms with Gasteiger partial charge < -0.3 is 25.4 Å². The zero-order valence-electron chi connectivity index (χ0n) is 24.8. The Morgan fingerprint density at radius 2 is 2.16 bits per heavy atom. The molecule has 44 heavy (non-hydrogen) atoms. The van der Waals surface area contributed by atoms with Crippen LogP contribution in [-0.4, -0.2) is 85.7 Å². The summed E-state index contributed by atoms with van der Waals surface area (Å²) < 4.78 is 41.4. The van der Waals surface area contributed by atoms with Gasteiger partial charge >= 0.3 is 6.01 Å². The number of nitrogens with two attached hydrogens (primary N) is 1. The van der Waals surface area contributed by atoms with Crippen LogP contribution in [0.2, 0.25) is 0 Å². The van der Waals surface area contributed by atoms with Crippen LogP contribution in [0, 0.1) is 17.1 Å². The third-order valence-electron chi connectivity index (χ3n) is 9.62. The summed E-state index contributed by atoms with van der Waals surface area (Å²) in [7, 11) is 3.73. The number of nitrogens with one attached hydrogen (secondary N) is 1. The van der Waals surface area contributed by atoms with Crippen molar-refractivity contribution in [3.05, 3.63) is 41.7 Å². The van der Waals surface area contributed by atoms with Crippen molar-refractivity contribution in [2.24, 2.45) is 0 Å². The quantitative estimate of drug-likeness (QED) is 0.285. The molecule has 0 bridgehead atoms. The molecule has 2 aromatic carbocycles. The molecule has 0 spiro atoms. The molecule has 7 rings (SSSR count). The number of ether oxygens (including phenoxy) is 2. The number of nitriles is 1. The van der Waals surface area contributed by atoms with Crippen LogP contribution >= 0.6 is 11.3 Å². The normalized spacial score (nSPS) is 25.1. The van der Waals surface area contributed by atoms with Gasteiger partial charge in [0.25, 0.3) is 0 Å². The number of rotatable bonds is 8. The Balaban J connectivity index is 1.33. The lowest BCUT2D eigenvalue weighted by molar-refractivity contribution is 0.107. The van der Waals surface area contributed by atoms with E-state index in [1.807, 2.05) is 25.2 Å². The lowest BCUT2D eigenvalue weighted by Crippen LogP contribution is -2.45. The second-order valence-corrected chi connectivity index (χ2v) is 13.2. The lowest BCUT2D eigenvalue weighted by atomic mass is 9.95. The SMILES string of the molecule is COCC1NCCC1N(C)c1nc(OC[C@@]23CCCN2C[C@H](F)C3)nc2cc(-c3ccc(F)c4sc(N)c(C#N)c34)ccc12. The highest BCUT2D eigenvalue weighted by molar-refractivity contribution is 7.23. The van der Waals surface area contributed by atoms with Crippen molar-refractivity contribution in [2.75, 3.05) is 57.6 Å². The van der Waals surface area contributed by atoms with E-state index in [1.54, 1.807) is 13.2 Å². The Morgan fingerprint density at radius 1 is 1.30 bits per heavy atom. The number of alkyl halides is 1. The molecule has 2 aromatic heterocycles. The van der Waals surface area contributed by atoms with Gasteiger partial charge in [0, 0.05) is 43.9 Å². The minimum Gasteiger partial charge on any atom is -0.461 e. The fourth-order valence-electron chi connectivity index (χ4n) is 7.51. The van der Waals surface area contributed by atoms with Crippen molar-refractivity contribution >= 4 is 43.1 Å². The van der Waals surface area contributed by atoms with Gasteiger partial charge in [-0.3, -0.25) is 4.90 Å². The predicted octanol–water partition coefficient (Wildman–Crippen LogP) is 4.87. The summed E-state index contributed by atoms with van der Waals surface area (Å²) in [4.78, 5) is 14.2. The highest BCUT2D eigenvalue weighted by atomic mass is 32.1. The first-order valence-corrected chi connectivity index (χ1v) is 15.8. The average Bonchev–Trinajstić information content (AvgIpc) is 3.78. The van der Waals surface area contributed by atoms with E-state index in [2.05, 4.69) is 21.2 Å². The lowest BCUT2D eigenvalue weighted by Gasteiger charge is -2.32. The van der Waals surface area contributed by atoms with Crippen LogP contribution in [0.1, 0.15) is 31.2 Å². The summed E-state index contributed by atoms with van der Waals surface area (Å²) in [6.45, 7) is 3.07. The Labute approximate surface area is 258 Å². The maximum atomic E-state index is 14.8. The third kappa shape index (κ3) is 4.83. The first kappa shape index (κ1) is 29.1. The average molecular weight is 620 g/mol. The molecule has 3 aliphatic heterocycles. The number of likely N-dealkylation sites (N-methyl/N-ethyl adjacent to an activating group) is 1. The molecule has 4 aromatic rings. The number of thiophene rings is 1. The number of halogens is 2. The molecule has 12 heteroatoms. The molecule has 3 N–H and O–H groups in total. The Morgan fingerprint density at radius 3 is 2.98 bits per heavy atom. The van der Waals surface area contributed by atoms with Gasteiger partial charge in [0.05, 0.1) is 34.0 Å². The molecule has 3 aliphatic rings. The van der Waals surface area contributed by atoms with Crippen molar-refractivity contribution in [2.45, 2.75) is 49.5 Å². The van der Waals surface area contributed by atoms with Crippen molar-refractivity contribution in [1.29, 1.82) is 5.26 Å². The first-order chi connectivity index (χ1) is 21.3. The van der Waals surface area contributed by atoms with Crippen LogP contribution < -0.4 is 20.7 Å². The summed E-state index contributed by atoms with van der Waals surface area (Å²) in [5, 5.41) is 15.0. The molecule has 0 radical (unpaired) electrons. The minimum atomic E-state index is -0.856. The molecular weight excluding hydrogens is 584 g/mol. The molecule has 9 nitrogen and oxygen atoms in total. The van der Waals surface area contributed by atoms with Crippen LogP contribution in [0.25, 0.3) is 32.1 Å². The predicted molar refractivity (Wildman–Crippen MR) is 168 cm³/mol. The molecule has 230 valence electrons. The molecule has 4 atom stereocenters. The summed E-state index contributed by atoms with van der Waals surface area (Å²) >= 11 is 1.08. The van der Waals surface area contributed by atoms with Crippen molar-refractivity contribution in [3.63, 3.8) is 0 Å². The Bertz CT molecular complexity index is 1780. The number of aromatic nitrogens is 2. The van der Waals surface area contributed by atoms with Crippen molar-refractivity contribution < 1.29 is 18.3 Å². The molecule has 0 saturated carbocycles. The second-order valence-electron chi connectivity index (χ2n) is 12.2. The van der Waals surface area contributed by atoms with Crippen LogP contribution in [0.5, 0.6) is 6.01 Å². The zero-order chi connectivity index (χ0) is 30.6. The van der Waals surface area contributed by atoms with Gasteiger partial charge in [-0.2, -0.15) is 15.2 Å². The monoisotopic (exact) mass is 619 g/mol. The van der Waals surface area contributed by atoms with Gasteiger partial charge in [0.15, 0.2) is 0 Å². The Kier molecular flexibility index (Phi) is 7.53. The summed E-state index contributed by atoms with van der Waals surface area (Å²) in [6, 6.07) is 11.6. The van der Waals surface area contributed by atoms with Crippen LogP contribution in [-0.2, 0) is 4.74 Å². The topological polar surface area (TPSA) is 113 Å². The maximum absolute atomic E-state index is 14.8. The number of anilines is 2. The zero-order valence-corrected chi connectivity index (χ0v) is 25.6. The molecule has 0 aliphatic carbocycles.